The summed E-state index contributed by atoms with van der Waals surface area (Å²) >= 11 is 0. The van der Waals surface area contributed by atoms with Gasteiger partial charge < -0.3 is 18.9 Å². The minimum absolute atomic E-state index is 0.571. The molecule has 0 aromatic heterocycles. The van der Waals surface area contributed by atoms with Crippen LogP contribution < -0.4 is 0 Å². The Labute approximate surface area is 163 Å². The summed E-state index contributed by atoms with van der Waals surface area (Å²) < 4.78 is 128. The molecule has 0 saturated heterocycles. The van der Waals surface area contributed by atoms with Crippen LogP contribution in [0.15, 0.2) is 36.9 Å². The molecule has 0 aromatic rings. The number of allylic oxidation sites excluding steroid dienone is 1. The quantitative estimate of drug-likeness (QED) is 0.219. The minimum atomic E-state index is -6.34. The predicted octanol–water partition coefficient (Wildman–Crippen LogP) is 3.24. The van der Waals surface area contributed by atoms with Gasteiger partial charge in [0, 0.05) is 12.2 Å². The molecule has 1 aliphatic carbocycles. The van der Waals surface area contributed by atoms with E-state index in [1.54, 1.807) is 0 Å². The largest absolute Gasteiger partial charge is 0.485 e. The summed E-state index contributed by atoms with van der Waals surface area (Å²) in [5.74, 6) is -32.6. The maximum Gasteiger partial charge on any atom is 0.381 e. The summed E-state index contributed by atoms with van der Waals surface area (Å²) in [6.07, 6.45) is 1.19. The summed E-state index contributed by atoms with van der Waals surface area (Å²) in [7, 11) is 0. The molecule has 1 aliphatic rings. The van der Waals surface area contributed by atoms with Crippen molar-refractivity contribution in [3.8, 4) is 0 Å². The first kappa shape index (κ1) is 25.4. The van der Waals surface area contributed by atoms with Crippen LogP contribution in [0.2, 0.25) is 0 Å². The summed E-state index contributed by atoms with van der Waals surface area (Å²) in [6, 6.07) is 0. The first-order valence-corrected chi connectivity index (χ1v) is 7.79. The highest BCUT2D eigenvalue weighted by molar-refractivity contribution is 5.81. The molecule has 0 fully saturated rings. The smallest absolute Gasteiger partial charge is 0.381 e. The molecule has 0 aromatic carbocycles. The van der Waals surface area contributed by atoms with Gasteiger partial charge in [0.25, 0.3) is 0 Å². The Kier molecular flexibility index (Phi) is 7.63. The Morgan fingerprint density at radius 1 is 0.800 bits per heavy atom. The molecule has 0 bridgehead atoms. The van der Waals surface area contributed by atoms with Crippen LogP contribution in [0.5, 0.6) is 0 Å². The second kappa shape index (κ2) is 9.02. The highest BCUT2D eigenvalue weighted by Gasteiger charge is 2.87. The van der Waals surface area contributed by atoms with Crippen molar-refractivity contribution in [3.63, 3.8) is 0 Å². The van der Waals surface area contributed by atoms with Gasteiger partial charge in [0.15, 0.2) is 0 Å². The van der Waals surface area contributed by atoms with E-state index in [1.165, 1.54) is 0 Å². The van der Waals surface area contributed by atoms with Crippen LogP contribution in [0.1, 0.15) is 0 Å². The van der Waals surface area contributed by atoms with Gasteiger partial charge in [-0.15, -0.1) is 0 Å². The molecule has 14 heteroatoms. The molecule has 0 aliphatic heterocycles. The van der Waals surface area contributed by atoms with Gasteiger partial charge >= 0.3 is 35.6 Å². The van der Waals surface area contributed by atoms with Gasteiger partial charge in [-0.05, 0) is 0 Å². The van der Waals surface area contributed by atoms with Gasteiger partial charge in [-0.25, -0.2) is 14.0 Å². The predicted molar refractivity (Wildman–Crippen MR) is 81.0 cm³/mol. The van der Waals surface area contributed by atoms with E-state index in [1.807, 2.05) is 0 Å². The van der Waals surface area contributed by atoms with Gasteiger partial charge in [-0.2, -0.15) is 30.7 Å². The highest BCUT2D eigenvalue weighted by Crippen LogP contribution is 2.61. The topological polar surface area (TPSA) is 71.1 Å². The van der Waals surface area contributed by atoms with Crippen molar-refractivity contribution >= 4 is 11.9 Å². The number of carbonyl (C=O) groups excluding carboxylic acids is 2. The van der Waals surface area contributed by atoms with E-state index in [2.05, 4.69) is 32.1 Å². The zero-order valence-electron chi connectivity index (χ0n) is 14.9. The first-order chi connectivity index (χ1) is 13.7. The van der Waals surface area contributed by atoms with Crippen LogP contribution in [0.3, 0.4) is 0 Å². The number of halogens is 8. The van der Waals surface area contributed by atoms with E-state index in [4.69, 9.17) is 0 Å². The van der Waals surface area contributed by atoms with Gasteiger partial charge in [0.2, 0.25) is 11.6 Å². The maximum atomic E-state index is 14.4. The van der Waals surface area contributed by atoms with Crippen LogP contribution >= 0.6 is 0 Å². The Morgan fingerprint density at radius 3 is 1.73 bits per heavy atom. The lowest BCUT2D eigenvalue weighted by atomic mass is 9.88. The molecule has 1 rings (SSSR count). The molecular weight excluding hydrogens is 440 g/mol. The summed E-state index contributed by atoms with van der Waals surface area (Å²) in [5.41, 5.74) is 0. The van der Waals surface area contributed by atoms with Crippen molar-refractivity contribution in [2.24, 2.45) is 0 Å². The molecule has 170 valence electrons. The van der Waals surface area contributed by atoms with Crippen molar-refractivity contribution in [3.05, 3.63) is 36.9 Å². The highest BCUT2D eigenvalue weighted by atomic mass is 19.3. The number of carbonyl (C=O) groups is 2. The lowest BCUT2D eigenvalue weighted by molar-refractivity contribution is -0.409. The van der Waals surface area contributed by atoms with Crippen molar-refractivity contribution in [2.75, 3.05) is 26.4 Å². The fraction of sp³-hybridized carbons (Fsp3) is 0.500. The zero-order valence-corrected chi connectivity index (χ0v) is 14.9. The molecule has 6 nitrogen and oxygen atoms in total. The Balaban J connectivity index is 3.14. The summed E-state index contributed by atoms with van der Waals surface area (Å²) in [5, 5.41) is 0. The maximum absolute atomic E-state index is 14.4. The lowest BCUT2D eigenvalue weighted by Gasteiger charge is -2.44. The van der Waals surface area contributed by atoms with Crippen molar-refractivity contribution in [1.29, 1.82) is 0 Å². The average molecular weight is 454 g/mol. The van der Waals surface area contributed by atoms with E-state index >= 15 is 0 Å². The van der Waals surface area contributed by atoms with Gasteiger partial charge in [-0.3, -0.25) is 0 Å². The van der Waals surface area contributed by atoms with Gasteiger partial charge in [0.05, 0.1) is 6.61 Å². The van der Waals surface area contributed by atoms with Crippen molar-refractivity contribution < 1.29 is 63.7 Å². The number of ether oxygens (including phenoxy) is 4. The van der Waals surface area contributed by atoms with Crippen LogP contribution in [0.4, 0.5) is 35.1 Å². The molecule has 1 unspecified atom stereocenters. The third kappa shape index (κ3) is 4.27. The summed E-state index contributed by atoms with van der Waals surface area (Å²) in [4.78, 5) is 21.5. The van der Waals surface area contributed by atoms with Crippen LogP contribution in [-0.4, -0.2) is 62.0 Å². The summed E-state index contributed by atoms with van der Waals surface area (Å²) in [6.45, 7) is 1.06. The minimum Gasteiger partial charge on any atom is -0.485 e. The van der Waals surface area contributed by atoms with Crippen molar-refractivity contribution in [1.82, 2.24) is 0 Å². The molecule has 0 radical (unpaired) electrons. The third-order valence-corrected chi connectivity index (χ3v) is 3.50. The zero-order chi connectivity index (χ0) is 23.4. The molecule has 0 spiro atoms. The molecule has 0 saturated carbocycles. The van der Waals surface area contributed by atoms with Crippen LogP contribution in [0, 0.1) is 0 Å². The van der Waals surface area contributed by atoms with E-state index < -0.39 is 73.6 Å². The molecule has 1 atom stereocenters. The third-order valence-electron chi connectivity index (χ3n) is 3.50. The molecule has 30 heavy (non-hydrogen) atoms. The first-order valence-electron chi connectivity index (χ1n) is 7.79. The lowest BCUT2D eigenvalue weighted by Crippen LogP contribution is -2.70. The Morgan fingerprint density at radius 2 is 1.27 bits per heavy atom. The average Bonchev–Trinajstić information content (AvgIpc) is 2.68. The van der Waals surface area contributed by atoms with E-state index in [0.29, 0.717) is 12.2 Å². The number of alkyl halides is 7. The fourth-order valence-electron chi connectivity index (χ4n) is 2.03. The number of rotatable bonds is 10. The normalized spacial score (nSPS) is 24.0. The second-order valence-corrected chi connectivity index (χ2v) is 5.40. The molecular formula is C16H14F8O6. The number of esters is 2. The fourth-order valence-corrected chi connectivity index (χ4v) is 2.03. The molecule has 0 heterocycles. The molecule has 0 N–H and O–H groups in total. The standard InChI is InChI=1S/C16H14F8O6/c1-3-9(25)27-5-6-29-12-11(17)13(18,19)16(24,15(22,23)14(12,20)21)30-8-7-28-10(26)4-2/h3-4H,1-2,5-8H2. The number of hydrogen-bond donors (Lipinski definition) is 0. The van der Waals surface area contributed by atoms with E-state index in [9.17, 15) is 44.7 Å². The monoisotopic (exact) mass is 454 g/mol. The van der Waals surface area contributed by atoms with Crippen LogP contribution in [0.25, 0.3) is 0 Å². The van der Waals surface area contributed by atoms with E-state index in [0.717, 1.165) is 0 Å². The Bertz CT molecular complexity index is 735. The van der Waals surface area contributed by atoms with E-state index in [-0.39, 0.29) is 0 Å². The SMILES string of the molecule is C=CC(=O)OCCOC1=C(F)C(F)(F)C(F)(OCCOC(=O)C=C)C(F)(F)C1(F)F. The molecule has 0 amide bonds. The van der Waals surface area contributed by atoms with Crippen LogP contribution in [-0.2, 0) is 28.5 Å². The second-order valence-electron chi connectivity index (χ2n) is 5.40. The van der Waals surface area contributed by atoms with Gasteiger partial charge in [0.1, 0.15) is 19.8 Å². The number of hydrogen-bond acceptors (Lipinski definition) is 6. The van der Waals surface area contributed by atoms with Crippen molar-refractivity contribution in [2.45, 2.75) is 23.6 Å². The Hall–Kier alpha value is -2.64. The van der Waals surface area contributed by atoms with Gasteiger partial charge in [-0.1, -0.05) is 13.2 Å².